The third kappa shape index (κ3) is 3.62. The van der Waals surface area contributed by atoms with E-state index in [-0.39, 0.29) is 11.9 Å². The van der Waals surface area contributed by atoms with Gasteiger partial charge in [-0.3, -0.25) is 9.48 Å². The van der Waals surface area contributed by atoms with E-state index in [9.17, 15) is 4.79 Å². The molecule has 0 aromatic carbocycles. The van der Waals surface area contributed by atoms with Crippen LogP contribution in [0.5, 0.6) is 0 Å². The highest BCUT2D eigenvalue weighted by molar-refractivity contribution is 7.80. The highest BCUT2D eigenvalue weighted by Gasteiger charge is 2.14. The molecule has 0 aliphatic carbocycles. The number of rotatable bonds is 5. The lowest BCUT2D eigenvalue weighted by molar-refractivity contribution is 0.0931. The first-order chi connectivity index (χ1) is 7.52. The van der Waals surface area contributed by atoms with Crippen molar-refractivity contribution in [1.82, 2.24) is 15.1 Å². The first-order valence-electron chi connectivity index (χ1n) is 5.11. The minimum atomic E-state index is -0.191. The van der Waals surface area contributed by atoms with Crippen LogP contribution >= 0.6 is 12.2 Å². The van der Waals surface area contributed by atoms with Crippen LogP contribution in [0.2, 0.25) is 0 Å². The summed E-state index contributed by atoms with van der Waals surface area (Å²) in [6.07, 6.45) is 3.03. The van der Waals surface area contributed by atoms with E-state index in [0.29, 0.717) is 17.1 Å². The van der Waals surface area contributed by atoms with Crippen LogP contribution in [0.1, 0.15) is 30.3 Å². The maximum absolute atomic E-state index is 11.7. The van der Waals surface area contributed by atoms with E-state index in [1.807, 2.05) is 6.92 Å². The maximum atomic E-state index is 11.7. The summed E-state index contributed by atoms with van der Waals surface area (Å²) >= 11 is 4.82. The molecule has 1 rings (SSSR count). The van der Waals surface area contributed by atoms with E-state index in [0.717, 1.165) is 6.42 Å². The monoisotopic (exact) mass is 240 g/mol. The minimum Gasteiger partial charge on any atom is -0.393 e. The number of nitrogens with zero attached hydrogens (tertiary/aromatic N) is 2. The Morgan fingerprint density at radius 2 is 2.44 bits per heavy atom. The lowest BCUT2D eigenvalue weighted by Gasteiger charge is -2.15. The van der Waals surface area contributed by atoms with Gasteiger partial charge in [-0.05, 0) is 12.5 Å². The number of aryl methyl sites for hydroxylation is 1. The third-order valence-electron chi connectivity index (χ3n) is 2.22. The van der Waals surface area contributed by atoms with Crippen LogP contribution in [0.3, 0.4) is 0 Å². The second kappa shape index (κ2) is 5.60. The van der Waals surface area contributed by atoms with Crippen molar-refractivity contribution < 1.29 is 4.79 Å². The Morgan fingerprint density at radius 3 is 2.88 bits per heavy atom. The lowest BCUT2D eigenvalue weighted by Crippen LogP contribution is -2.37. The molecule has 1 unspecified atom stereocenters. The fourth-order valence-corrected chi connectivity index (χ4v) is 1.54. The van der Waals surface area contributed by atoms with Crippen molar-refractivity contribution >= 4 is 23.1 Å². The fraction of sp³-hybridized carbons (Fsp3) is 0.500. The van der Waals surface area contributed by atoms with Crippen LogP contribution in [-0.4, -0.2) is 26.7 Å². The molecule has 0 saturated carbocycles. The van der Waals surface area contributed by atoms with Crippen LogP contribution in [0.15, 0.2) is 12.3 Å². The van der Waals surface area contributed by atoms with Gasteiger partial charge in [0.05, 0.1) is 4.99 Å². The van der Waals surface area contributed by atoms with E-state index in [1.165, 1.54) is 0 Å². The number of thiocarbonyl (C=S) groups is 1. The molecular weight excluding hydrogens is 224 g/mol. The van der Waals surface area contributed by atoms with Crippen molar-refractivity contribution in [1.29, 1.82) is 0 Å². The SMILES string of the molecule is CCC(CC(N)=S)NC(=O)c1ccn(C)n1. The molecular formula is C10H16N4OS. The average molecular weight is 240 g/mol. The molecule has 0 aliphatic heterocycles. The third-order valence-corrected chi connectivity index (χ3v) is 2.39. The summed E-state index contributed by atoms with van der Waals surface area (Å²) < 4.78 is 1.59. The molecule has 88 valence electrons. The number of nitrogens with two attached hydrogens (primary N) is 1. The van der Waals surface area contributed by atoms with Gasteiger partial charge in [0.25, 0.3) is 5.91 Å². The van der Waals surface area contributed by atoms with Gasteiger partial charge in [-0.25, -0.2) is 0 Å². The molecule has 16 heavy (non-hydrogen) atoms. The molecule has 0 fully saturated rings. The van der Waals surface area contributed by atoms with Gasteiger partial charge < -0.3 is 11.1 Å². The molecule has 1 atom stereocenters. The van der Waals surface area contributed by atoms with Crippen LogP contribution in [0.25, 0.3) is 0 Å². The number of carbonyl (C=O) groups is 1. The number of hydrogen-bond donors (Lipinski definition) is 2. The summed E-state index contributed by atoms with van der Waals surface area (Å²) in [5.41, 5.74) is 5.85. The second-order valence-corrected chi connectivity index (χ2v) is 4.15. The molecule has 1 heterocycles. The fourth-order valence-electron chi connectivity index (χ4n) is 1.34. The minimum absolute atomic E-state index is 0.0213. The van der Waals surface area contributed by atoms with Gasteiger partial charge in [-0.2, -0.15) is 5.10 Å². The predicted molar refractivity (Wildman–Crippen MR) is 66.2 cm³/mol. The molecule has 6 heteroatoms. The standard InChI is InChI=1S/C10H16N4OS/c1-3-7(6-9(11)16)12-10(15)8-4-5-14(2)13-8/h4-5,7H,3,6H2,1-2H3,(H2,11,16)(H,12,15). The van der Waals surface area contributed by atoms with Gasteiger partial charge in [0.1, 0.15) is 5.69 Å². The lowest BCUT2D eigenvalue weighted by atomic mass is 10.1. The van der Waals surface area contributed by atoms with E-state index in [2.05, 4.69) is 10.4 Å². The number of hydrogen-bond acceptors (Lipinski definition) is 3. The Labute approximate surface area is 100 Å². The topological polar surface area (TPSA) is 72.9 Å². The summed E-state index contributed by atoms with van der Waals surface area (Å²) in [4.78, 5) is 12.1. The molecule has 0 bridgehead atoms. The van der Waals surface area contributed by atoms with E-state index in [1.54, 1.807) is 24.0 Å². The van der Waals surface area contributed by atoms with Gasteiger partial charge in [-0.15, -0.1) is 0 Å². The highest BCUT2D eigenvalue weighted by atomic mass is 32.1. The Bertz CT molecular complexity index is 388. The van der Waals surface area contributed by atoms with Gasteiger partial charge in [0, 0.05) is 25.7 Å². The Morgan fingerprint density at radius 1 is 1.75 bits per heavy atom. The zero-order chi connectivity index (χ0) is 12.1. The summed E-state index contributed by atoms with van der Waals surface area (Å²) in [6, 6.07) is 1.65. The largest absolute Gasteiger partial charge is 0.393 e. The normalized spacial score (nSPS) is 12.1. The van der Waals surface area contributed by atoms with Crippen molar-refractivity contribution in [2.45, 2.75) is 25.8 Å². The van der Waals surface area contributed by atoms with Gasteiger partial charge in [0.2, 0.25) is 0 Å². The van der Waals surface area contributed by atoms with Crippen molar-refractivity contribution in [2.75, 3.05) is 0 Å². The summed E-state index contributed by atoms with van der Waals surface area (Å²) in [7, 11) is 1.77. The quantitative estimate of drug-likeness (QED) is 0.739. The van der Waals surface area contributed by atoms with Crippen molar-refractivity contribution in [3.05, 3.63) is 18.0 Å². The number of nitrogens with one attached hydrogen (secondary N) is 1. The van der Waals surface area contributed by atoms with Crippen LogP contribution < -0.4 is 11.1 Å². The highest BCUT2D eigenvalue weighted by Crippen LogP contribution is 2.01. The Kier molecular flexibility index (Phi) is 4.42. The molecule has 0 saturated heterocycles. The molecule has 1 amide bonds. The summed E-state index contributed by atoms with van der Waals surface area (Å²) in [5, 5.41) is 6.86. The first-order valence-corrected chi connectivity index (χ1v) is 5.52. The molecule has 0 radical (unpaired) electrons. The van der Waals surface area contributed by atoms with Gasteiger partial charge in [0.15, 0.2) is 0 Å². The van der Waals surface area contributed by atoms with Crippen LogP contribution in [0.4, 0.5) is 0 Å². The van der Waals surface area contributed by atoms with E-state index in [4.69, 9.17) is 18.0 Å². The number of amides is 1. The van der Waals surface area contributed by atoms with E-state index < -0.39 is 0 Å². The van der Waals surface area contributed by atoms with Gasteiger partial charge in [-0.1, -0.05) is 19.1 Å². The number of aromatic nitrogens is 2. The van der Waals surface area contributed by atoms with Crippen molar-refractivity contribution in [3.63, 3.8) is 0 Å². The summed E-state index contributed by atoms with van der Waals surface area (Å²) in [6.45, 7) is 1.97. The molecule has 0 spiro atoms. The average Bonchev–Trinajstić information content (AvgIpc) is 2.63. The first kappa shape index (κ1) is 12.6. The van der Waals surface area contributed by atoms with Crippen LogP contribution in [0, 0.1) is 0 Å². The van der Waals surface area contributed by atoms with Crippen LogP contribution in [-0.2, 0) is 7.05 Å². The second-order valence-electron chi connectivity index (χ2n) is 3.62. The molecule has 3 N–H and O–H groups in total. The number of carbonyl (C=O) groups excluding carboxylic acids is 1. The maximum Gasteiger partial charge on any atom is 0.272 e. The Hall–Kier alpha value is -1.43. The van der Waals surface area contributed by atoms with Crippen molar-refractivity contribution in [3.8, 4) is 0 Å². The van der Waals surface area contributed by atoms with Gasteiger partial charge >= 0.3 is 0 Å². The molecule has 1 aromatic rings. The van der Waals surface area contributed by atoms with Crippen molar-refractivity contribution in [2.24, 2.45) is 12.8 Å². The Balaban J connectivity index is 2.58. The predicted octanol–water partition coefficient (Wildman–Crippen LogP) is 0.605. The zero-order valence-corrected chi connectivity index (χ0v) is 10.3. The zero-order valence-electron chi connectivity index (χ0n) is 9.43. The smallest absolute Gasteiger partial charge is 0.272 e. The van der Waals surface area contributed by atoms with E-state index >= 15 is 0 Å². The molecule has 1 aromatic heterocycles. The molecule has 0 aliphatic rings. The molecule has 5 nitrogen and oxygen atoms in total. The summed E-state index contributed by atoms with van der Waals surface area (Å²) in [5.74, 6) is -0.191.